The van der Waals surface area contributed by atoms with Crippen LogP contribution in [-0.2, 0) is 20.5 Å². The monoisotopic (exact) mass is 432 g/mol. The number of alkyl halides is 3. The van der Waals surface area contributed by atoms with Gasteiger partial charge >= 0.3 is 17.8 Å². The number of nitrogens with one attached hydrogen (secondary N) is 1. The predicted octanol–water partition coefficient (Wildman–Crippen LogP) is 3.83. The van der Waals surface area contributed by atoms with Crippen LogP contribution in [0, 0.1) is 10.1 Å². The van der Waals surface area contributed by atoms with Crippen LogP contribution < -0.4 is 10.1 Å². The number of benzene rings is 2. The topological polar surface area (TPSA) is 108 Å². The number of nitro groups is 1. The van der Waals surface area contributed by atoms with Crippen molar-refractivity contribution in [3.63, 3.8) is 0 Å². The first-order valence-corrected chi connectivity index (χ1v) is 8.14. The van der Waals surface area contributed by atoms with Gasteiger partial charge in [-0.15, -0.1) is 0 Å². The molecule has 2 aromatic rings. The first-order chi connectivity index (χ1) is 13.6. The SMILES string of the molecule is O=C(COC(=O)COc1ccccc1[N+](=O)[O-])Nc1ccc(Cl)cc1C(F)(F)F. The van der Waals surface area contributed by atoms with Crippen molar-refractivity contribution in [3.05, 3.63) is 63.2 Å². The molecule has 0 unspecified atom stereocenters. The molecule has 2 aromatic carbocycles. The van der Waals surface area contributed by atoms with Crippen molar-refractivity contribution in [2.24, 2.45) is 0 Å². The molecule has 2 rings (SSSR count). The van der Waals surface area contributed by atoms with Crippen LogP contribution in [0.25, 0.3) is 0 Å². The van der Waals surface area contributed by atoms with Crippen LogP contribution in [0.4, 0.5) is 24.5 Å². The molecular formula is C17H12ClF3N2O6. The van der Waals surface area contributed by atoms with Gasteiger partial charge in [0, 0.05) is 11.1 Å². The summed E-state index contributed by atoms with van der Waals surface area (Å²) in [5.74, 6) is -2.27. The number of carbonyl (C=O) groups excluding carboxylic acids is 2. The van der Waals surface area contributed by atoms with Gasteiger partial charge in [-0.05, 0) is 24.3 Å². The Labute approximate surface area is 166 Å². The Morgan fingerprint density at radius 2 is 1.83 bits per heavy atom. The van der Waals surface area contributed by atoms with Crippen LogP contribution in [0.15, 0.2) is 42.5 Å². The van der Waals surface area contributed by atoms with Gasteiger partial charge in [0.15, 0.2) is 19.0 Å². The number of para-hydroxylation sites is 2. The van der Waals surface area contributed by atoms with Gasteiger partial charge in [-0.1, -0.05) is 23.7 Å². The number of hydrogen-bond donors (Lipinski definition) is 1. The highest BCUT2D eigenvalue weighted by Gasteiger charge is 2.34. The van der Waals surface area contributed by atoms with Crippen molar-refractivity contribution in [2.45, 2.75) is 6.18 Å². The predicted molar refractivity (Wildman–Crippen MR) is 94.6 cm³/mol. The van der Waals surface area contributed by atoms with Gasteiger partial charge in [-0.25, -0.2) is 4.79 Å². The fraction of sp³-hybridized carbons (Fsp3) is 0.176. The van der Waals surface area contributed by atoms with Crippen molar-refractivity contribution in [2.75, 3.05) is 18.5 Å². The van der Waals surface area contributed by atoms with E-state index in [0.717, 1.165) is 12.1 Å². The Kier molecular flexibility index (Phi) is 6.99. The minimum absolute atomic E-state index is 0.172. The third kappa shape index (κ3) is 6.35. The number of nitro benzene ring substituents is 1. The molecule has 8 nitrogen and oxygen atoms in total. The van der Waals surface area contributed by atoms with E-state index in [-0.39, 0.29) is 16.5 Å². The second-order valence-electron chi connectivity index (χ2n) is 5.41. The van der Waals surface area contributed by atoms with Crippen molar-refractivity contribution < 1.29 is 37.2 Å². The lowest BCUT2D eigenvalue weighted by atomic mass is 10.1. The van der Waals surface area contributed by atoms with Crippen LogP contribution in [0.5, 0.6) is 5.75 Å². The first-order valence-electron chi connectivity index (χ1n) is 7.76. The number of hydrogen-bond acceptors (Lipinski definition) is 6. The lowest BCUT2D eigenvalue weighted by molar-refractivity contribution is -0.385. The highest BCUT2D eigenvalue weighted by Crippen LogP contribution is 2.36. The van der Waals surface area contributed by atoms with Gasteiger partial charge in [-0.3, -0.25) is 14.9 Å². The van der Waals surface area contributed by atoms with E-state index in [0.29, 0.717) is 6.07 Å². The van der Waals surface area contributed by atoms with E-state index in [9.17, 15) is 32.9 Å². The fourth-order valence-corrected chi connectivity index (χ4v) is 2.27. The molecule has 0 saturated carbocycles. The maximum atomic E-state index is 13.0. The molecule has 0 heterocycles. The van der Waals surface area contributed by atoms with Crippen LogP contribution >= 0.6 is 11.6 Å². The molecule has 29 heavy (non-hydrogen) atoms. The number of rotatable bonds is 7. The summed E-state index contributed by atoms with van der Waals surface area (Å²) < 4.78 is 48.5. The molecular weight excluding hydrogens is 421 g/mol. The highest BCUT2D eigenvalue weighted by atomic mass is 35.5. The molecule has 0 saturated heterocycles. The van der Waals surface area contributed by atoms with Gasteiger partial charge in [-0.2, -0.15) is 13.2 Å². The molecule has 12 heteroatoms. The number of ether oxygens (including phenoxy) is 2. The minimum atomic E-state index is -4.76. The molecule has 1 amide bonds. The summed E-state index contributed by atoms with van der Waals surface area (Å²) in [4.78, 5) is 33.5. The Hall–Kier alpha value is -3.34. The Balaban J connectivity index is 1.90. The number of halogens is 4. The average molecular weight is 433 g/mol. The molecule has 0 atom stereocenters. The third-order valence-corrected chi connectivity index (χ3v) is 3.57. The summed E-state index contributed by atoms with van der Waals surface area (Å²) in [6.45, 7) is -1.63. The molecule has 0 aromatic heterocycles. The number of nitrogens with zero attached hydrogens (tertiary/aromatic N) is 1. The summed E-state index contributed by atoms with van der Waals surface area (Å²) >= 11 is 5.54. The molecule has 154 valence electrons. The highest BCUT2D eigenvalue weighted by molar-refractivity contribution is 6.30. The summed E-state index contributed by atoms with van der Waals surface area (Å²) in [6, 6.07) is 8.03. The molecule has 0 bridgehead atoms. The zero-order valence-electron chi connectivity index (χ0n) is 14.4. The van der Waals surface area contributed by atoms with Gasteiger partial charge < -0.3 is 14.8 Å². The normalized spacial score (nSPS) is 10.9. The lowest BCUT2D eigenvalue weighted by Gasteiger charge is -2.14. The van der Waals surface area contributed by atoms with E-state index in [4.69, 9.17) is 16.3 Å². The zero-order valence-corrected chi connectivity index (χ0v) is 15.1. The Bertz CT molecular complexity index is 936. The van der Waals surface area contributed by atoms with E-state index in [1.165, 1.54) is 24.3 Å². The standard InChI is InChI=1S/C17H12ClF3N2O6/c18-10-5-6-12(11(7-10)17(19,20)21)22-15(24)8-29-16(25)9-28-14-4-2-1-3-13(14)23(26)27/h1-7H,8-9H2,(H,22,24). The van der Waals surface area contributed by atoms with Crippen LogP contribution in [-0.4, -0.2) is 30.0 Å². The quantitative estimate of drug-likeness (QED) is 0.405. The van der Waals surface area contributed by atoms with E-state index >= 15 is 0 Å². The number of carbonyl (C=O) groups is 2. The molecule has 0 radical (unpaired) electrons. The molecule has 0 aliphatic rings. The lowest BCUT2D eigenvalue weighted by Crippen LogP contribution is -2.25. The Morgan fingerprint density at radius 3 is 2.48 bits per heavy atom. The second kappa shape index (κ2) is 9.24. The maximum Gasteiger partial charge on any atom is 0.418 e. The molecule has 0 spiro atoms. The number of amides is 1. The molecule has 1 N–H and O–H groups in total. The summed E-state index contributed by atoms with van der Waals surface area (Å²) in [6.07, 6.45) is -4.76. The van der Waals surface area contributed by atoms with Gasteiger partial charge in [0.1, 0.15) is 0 Å². The van der Waals surface area contributed by atoms with Gasteiger partial charge in [0.25, 0.3) is 5.91 Å². The van der Waals surface area contributed by atoms with Crippen LogP contribution in [0.1, 0.15) is 5.56 Å². The van der Waals surface area contributed by atoms with Crippen molar-refractivity contribution in [1.29, 1.82) is 0 Å². The number of esters is 1. The van der Waals surface area contributed by atoms with Gasteiger partial charge in [0.05, 0.1) is 16.2 Å². The summed E-state index contributed by atoms with van der Waals surface area (Å²) in [5.41, 5.74) is -2.09. The van der Waals surface area contributed by atoms with E-state index in [1.807, 2.05) is 5.32 Å². The summed E-state index contributed by atoms with van der Waals surface area (Å²) in [7, 11) is 0. The molecule has 0 aliphatic carbocycles. The third-order valence-electron chi connectivity index (χ3n) is 3.33. The van der Waals surface area contributed by atoms with Crippen LogP contribution in [0.3, 0.4) is 0 Å². The van der Waals surface area contributed by atoms with Crippen LogP contribution in [0.2, 0.25) is 5.02 Å². The summed E-state index contributed by atoms with van der Waals surface area (Å²) in [5, 5.41) is 12.6. The smallest absolute Gasteiger partial charge is 0.418 e. The van der Waals surface area contributed by atoms with E-state index in [2.05, 4.69) is 4.74 Å². The first kappa shape index (κ1) is 22.0. The van der Waals surface area contributed by atoms with Gasteiger partial charge in [0.2, 0.25) is 0 Å². The average Bonchev–Trinajstić information content (AvgIpc) is 2.65. The van der Waals surface area contributed by atoms with E-state index < -0.39 is 47.4 Å². The van der Waals surface area contributed by atoms with E-state index in [1.54, 1.807) is 0 Å². The minimum Gasteiger partial charge on any atom is -0.475 e. The number of anilines is 1. The Morgan fingerprint density at radius 1 is 1.14 bits per heavy atom. The maximum absolute atomic E-state index is 13.0. The zero-order chi connectivity index (χ0) is 21.6. The largest absolute Gasteiger partial charge is 0.475 e. The van der Waals surface area contributed by atoms with Crippen molar-refractivity contribution >= 4 is 34.9 Å². The van der Waals surface area contributed by atoms with Crippen molar-refractivity contribution in [1.82, 2.24) is 0 Å². The molecule has 0 fully saturated rings. The van der Waals surface area contributed by atoms with Crippen molar-refractivity contribution in [3.8, 4) is 5.75 Å². The fourth-order valence-electron chi connectivity index (χ4n) is 2.10. The second-order valence-corrected chi connectivity index (χ2v) is 5.85. The molecule has 0 aliphatic heterocycles.